The normalized spacial score (nSPS) is 14.4. The molecule has 0 aliphatic carbocycles. The summed E-state index contributed by atoms with van der Waals surface area (Å²) in [5, 5.41) is 3.56. The second-order valence-electron chi connectivity index (χ2n) is 5.59. The van der Waals surface area contributed by atoms with Gasteiger partial charge in [0.05, 0.1) is 11.4 Å². The first-order chi connectivity index (χ1) is 10.2. The molecule has 1 N–H and O–H groups in total. The van der Waals surface area contributed by atoms with Crippen molar-refractivity contribution in [2.75, 3.05) is 43.0 Å². The van der Waals surface area contributed by atoms with Gasteiger partial charge in [-0.15, -0.1) is 11.3 Å². The fourth-order valence-electron chi connectivity index (χ4n) is 2.80. The van der Waals surface area contributed by atoms with Crippen molar-refractivity contribution < 1.29 is 0 Å². The number of para-hydroxylation sites is 2. The van der Waals surface area contributed by atoms with E-state index < -0.39 is 0 Å². The van der Waals surface area contributed by atoms with Crippen LogP contribution in [0.3, 0.4) is 0 Å². The van der Waals surface area contributed by atoms with Gasteiger partial charge in [-0.3, -0.25) is 0 Å². The first-order valence-corrected chi connectivity index (χ1v) is 8.37. The lowest BCUT2D eigenvalue weighted by atomic mass is 10.2. The molecule has 3 nitrogen and oxygen atoms in total. The number of hydrogen-bond acceptors (Lipinski definition) is 4. The van der Waals surface area contributed by atoms with Crippen LogP contribution in [0.25, 0.3) is 0 Å². The van der Waals surface area contributed by atoms with Crippen molar-refractivity contribution >= 4 is 22.7 Å². The summed E-state index contributed by atoms with van der Waals surface area (Å²) in [6.45, 7) is 7.43. The van der Waals surface area contributed by atoms with Crippen LogP contribution in [0, 0.1) is 6.92 Å². The fraction of sp³-hybridized carbons (Fsp3) is 0.412. The molecule has 0 radical (unpaired) electrons. The van der Waals surface area contributed by atoms with Gasteiger partial charge in [-0.2, -0.15) is 0 Å². The van der Waals surface area contributed by atoms with E-state index >= 15 is 0 Å². The third-order valence-corrected chi connectivity index (χ3v) is 4.99. The van der Waals surface area contributed by atoms with Crippen molar-refractivity contribution in [1.29, 1.82) is 0 Å². The zero-order valence-electron chi connectivity index (χ0n) is 12.8. The highest BCUT2D eigenvalue weighted by Crippen LogP contribution is 2.31. The number of aryl methyl sites for hydroxylation is 1. The smallest absolute Gasteiger partial charge is 0.0605 e. The molecule has 1 aromatic carbocycles. The summed E-state index contributed by atoms with van der Waals surface area (Å²) in [7, 11) is 2.17. The number of likely N-dealkylation sites (N-methyl/N-ethyl adjacent to an activating group) is 1. The zero-order valence-corrected chi connectivity index (χ0v) is 13.6. The molecule has 0 amide bonds. The molecule has 3 rings (SSSR count). The van der Waals surface area contributed by atoms with Gasteiger partial charge in [0.2, 0.25) is 0 Å². The summed E-state index contributed by atoms with van der Waals surface area (Å²) in [4.78, 5) is 7.64. The Hall–Kier alpha value is -1.52. The number of fused-ring (bicyclic) bond motifs is 1. The Morgan fingerprint density at radius 3 is 2.67 bits per heavy atom. The molecule has 0 saturated carbocycles. The second-order valence-corrected chi connectivity index (χ2v) is 6.96. The summed E-state index contributed by atoms with van der Waals surface area (Å²) < 4.78 is 0. The molecular formula is C17H23N3S. The molecule has 0 atom stereocenters. The standard InChI is InChI=1S/C17H23N3S/c1-14-7-8-15(21-14)13-18-9-10-20-12-11-19(2)16-5-3-4-6-17(16)20/h3-8,18H,9-13H2,1-2H3. The number of nitrogens with one attached hydrogen (secondary N) is 1. The maximum Gasteiger partial charge on any atom is 0.0605 e. The van der Waals surface area contributed by atoms with Gasteiger partial charge in [0.25, 0.3) is 0 Å². The maximum atomic E-state index is 3.56. The number of nitrogens with zero attached hydrogens (tertiary/aromatic N) is 2. The predicted molar refractivity (Wildman–Crippen MR) is 92.7 cm³/mol. The van der Waals surface area contributed by atoms with Crippen LogP contribution in [-0.4, -0.2) is 33.2 Å². The van der Waals surface area contributed by atoms with E-state index in [4.69, 9.17) is 0 Å². The Morgan fingerprint density at radius 2 is 1.90 bits per heavy atom. The van der Waals surface area contributed by atoms with Crippen LogP contribution in [0.4, 0.5) is 11.4 Å². The first-order valence-electron chi connectivity index (χ1n) is 7.55. The molecule has 21 heavy (non-hydrogen) atoms. The number of thiophene rings is 1. The highest BCUT2D eigenvalue weighted by molar-refractivity contribution is 7.11. The number of benzene rings is 1. The van der Waals surface area contributed by atoms with Crippen LogP contribution in [0.15, 0.2) is 36.4 Å². The molecule has 2 heterocycles. The van der Waals surface area contributed by atoms with Crippen LogP contribution in [0.2, 0.25) is 0 Å². The van der Waals surface area contributed by atoms with Crippen molar-refractivity contribution in [2.45, 2.75) is 13.5 Å². The second kappa shape index (κ2) is 6.50. The van der Waals surface area contributed by atoms with Gasteiger partial charge in [0.1, 0.15) is 0 Å². The summed E-state index contributed by atoms with van der Waals surface area (Å²) in [6, 6.07) is 13.1. The lowest BCUT2D eigenvalue weighted by Gasteiger charge is -2.37. The largest absolute Gasteiger partial charge is 0.371 e. The summed E-state index contributed by atoms with van der Waals surface area (Å²) in [5.41, 5.74) is 2.71. The van der Waals surface area contributed by atoms with Crippen LogP contribution < -0.4 is 15.1 Å². The summed E-state index contributed by atoms with van der Waals surface area (Å²) in [6.07, 6.45) is 0. The molecule has 1 aliphatic rings. The molecule has 0 bridgehead atoms. The highest BCUT2D eigenvalue weighted by Gasteiger charge is 2.18. The SMILES string of the molecule is Cc1ccc(CNCCN2CCN(C)c3ccccc32)s1. The van der Waals surface area contributed by atoms with Crippen LogP contribution in [0.1, 0.15) is 9.75 Å². The van der Waals surface area contributed by atoms with Gasteiger partial charge in [0.15, 0.2) is 0 Å². The molecule has 1 aliphatic heterocycles. The van der Waals surface area contributed by atoms with Crippen molar-refractivity contribution in [3.8, 4) is 0 Å². The Kier molecular flexibility index (Phi) is 4.46. The number of hydrogen-bond donors (Lipinski definition) is 1. The van der Waals surface area contributed by atoms with Gasteiger partial charge < -0.3 is 15.1 Å². The van der Waals surface area contributed by atoms with E-state index in [1.165, 1.54) is 21.1 Å². The van der Waals surface area contributed by atoms with E-state index in [1.54, 1.807) is 0 Å². The average Bonchev–Trinajstić information content (AvgIpc) is 2.91. The van der Waals surface area contributed by atoms with E-state index in [0.717, 1.165) is 32.7 Å². The van der Waals surface area contributed by atoms with E-state index in [2.05, 4.69) is 65.5 Å². The number of rotatable bonds is 5. The minimum Gasteiger partial charge on any atom is -0.371 e. The Bertz CT molecular complexity index is 593. The third-order valence-electron chi connectivity index (χ3n) is 3.99. The van der Waals surface area contributed by atoms with Gasteiger partial charge in [-0.1, -0.05) is 12.1 Å². The molecule has 112 valence electrons. The van der Waals surface area contributed by atoms with Crippen molar-refractivity contribution in [1.82, 2.24) is 5.32 Å². The molecule has 0 spiro atoms. The van der Waals surface area contributed by atoms with Crippen LogP contribution >= 0.6 is 11.3 Å². The van der Waals surface area contributed by atoms with Gasteiger partial charge in [-0.25, -0.2) is 0 Å². The summed E-state index contributed by atoms with van der Waals surface area (Å²) >= 11 is 1.88. The lowest BCUT2D eigenvalue weighted by molar-refractivity contribution is 0.651. The lowest BCUT2D eigenvalue weighted by Crippen LogP contribution is -2.42. The minimum atomic E-state index is 0.980. The van der Waals surface area contributed by atoms with E-state index in [0.29, 0.717) is 0 Å². The summed E-state index contributed by atoms with van der Waals surface area (Å²) in [5.74, 6) is 0. The van der Waals surface area contributed by atoms with E-state index in [-0.39, 0.29) is 0 Å². The van der Waals surface area contributed by atoms with Crippen LogP contribution in [-0.2, 0) is 6.54 Å². The average molecular weight is 301 g/mol. The highest BCUT2D eigenvalue weighted by atomic mass is 32.1. The predicted octanol–water partition coefficient (Wildman–Crippen LogP) is 3.10. The Balaban J connectivity index is 1.53. The van der Waals surface area contributed by atoms with Crippen molar-refractivity contribution in [3.05, 3.63) is 46.2 Å². The molecule has 2 aromatic rings. The van der Waals surface area contributed by atoms with Gasteiger partial charge in [0, 0.05) is 49.5 Å². The van der Waals surface area contributed by atoms with Crippen LogP contribution in [0.5, 0.6) is 0 Å². The molecule has 1 aromatic heterocycles. The minimum absolute atomic E-state index is 0.980. The molecule has 0 unspecified atom stereocenters. The molecular weight excluding hydrogens is 278 g/mol. The van der Waals surface area contributed by atoms with Crippen molar-refractivity contribution in [3.63, 3.8) is 0 Å². The van der Waals surface area contributed by atoms with Crippen molar-refractivity contribution in [2.24, 2.45) is 0 Å². The monoisotopic (exact) mass is 301 g/mol. The van der Waals surface area contributed by atoms with E-state index in [1.807, 2.05) is 11.3 Å². The maximum absolute atomic E-state index is 3.56. The van der Waals surface area contributed by atoms with Gasteiger partial charge in [-0.05, 0) is 31.2 Å². The number of anilines is 2. The zero-order chi connectivity index (χ0) is 14.7. The topological polar surface area (TPSA) is 18.5 Å². The molecule has 0 saturated heterocycles. The van der Waals surface area contributed by atoms with E-state index in [9.17, 15) is 0 Å². The first kappa shape index (κ1) is 14.4. The molecule has 0 fully saturated rings. The molecule has 4 heteroatoms. The van der Waals surface area contributed by atoms with Gasteiger partial charge >= 0.3 is 0 Å². The Labute approximate surface area is 131 Å². The fourth-order valence-corrected chi connectivity index (χ4v) is 3.66. The Morgan fingerprint density at radius 1 is 1.10 bits per heavy atom. The quantitative estimate of drug-likeness (QED) is 0.856. The third kappa shape index (κ3) is 3.39.